The SMILES string of the molecule is CCCC[O][Po][O]C[C@@H]1CC[C@H](n2ccc(N)nc2=O)O1. The molecule has 1 aliphatic rings. The van der Waals surface area contributed by atoms with Gasteiger partial charge in [0.1, 0.15) is 0 Å². The van der Waals surface area contributed by atoms with Gasteiger partial charge < -0.3 is 0 Å². The molecule has 0 unspecified atom stereocenters. The second-order valence-corrected chi connectivity index (χ2v) is 7.22. The van der Waals surface area contributed by atoms with E-state index < -0.39 is 24.5 Å². The maximum absolute atomic E-state index is 11.7. The van der Waals surface area contributed by atoms with Crippen molar-refractivity contribution in [2.45, 2.75) is 44.9 Å². The predicted octanol–water partition coefficient (Wildman–Crippen LogP) is 0.871. The monoisotopic (exact) mass is 492 g/mol. The van der Waals surface area contributed by atoms with Crippen molar-refractivity contribution in [1.82, 2.24) is 9.55 Å². The first-order valence-electron chi connectivity index (χ1n) is 7.12. The average Bonchev–Trinajstić information content (AvgIpc) is 2.91. The first-order valence-corrected chi connectivity index (χ1v) is 9.71. The van der Waals surface area contributed by atoms with Gasteiger partial charge in [-0.2, -0.15) is 0 Å². The van der Waals surface area contributed by atoms with Gasteiger partial charge in [0.2, 0.25) is 0 Å². The molecule has 1 saturated heterocycles. The molecular formula is C13H21N3O4Po. The van der Waals surface area contributed by atoms with E-state index in [0.717, 1.165) is 32.3 Å². The summed E-state index contributed by atoms with van der Waals surface area (Å²) in [6.45, 7) is 3.47. The van der Waals surface area contributed by atoms with Crippen LogP contribution in [0.2, 0.25) is 0 Å². The standard InChI is InChI=1S/C9H12N3O3.C4H9O.Po/c10-7-3-4-12(9(14)11-7)8-2-1-6(5-13)15-8;1-2-3-4-5;/h3-4,6,8H,1-2,5H2,(H2,10,11,14);2-4H2,1H3;/q2*-1;+2/t6-,8+;;/m0../s1. The molecule has 1 aromatic heterocycles. The van der Waals surface area contributed by atoms with Crippen molar-refractivity contribution in [3.05, 3.63) is 22.7 Å². The van der Waals surface area contributed by atoms with Crippen LogP contribution in [-0.2, 0) is 10.3 Å². The number of hydrogen-bond acceptors (Lipinski definition) is 6. The zero-order valence-corrected chi connectivity index (χ0v) is 15.2. The third-order valence-electron chi connectivity index (χ3n) is 3.18. The summed E-state index contributed by atoms with van der Waals surface area (Å²) in [5.74, 6) is 0.227. The van der Waals surface area contributed by atoms with Crippen molar-refractivity contribution in [2.24, 2.45) is 0 Å². The van der Waals surface area contributed by atoms with Gasteiger partial charge in [0, 0.05) is 0 Å². The van der Waals surface area contributed by atoms with E-state index in [1.807, 2.05) is 0 Å². The number of nitrogens with two attached hydrogens (primary N) is 1. The minimum absolute atomic E-state index is 0.0224. The Morgan fingerprint density at radius 1 is 1.52 bits per heavy atom. The Balaban J connectivity index is 1.72. The number of unbranched alkanes of at least 4 members (excludes halogenated alkanes) is 1. The molecule has 0 aliphatic carbocycles. The molecule has 1 aromatic rings. The van der Waals surface area contributed by atoms with Crippen LogP contribution in [-0.4, -0.2) is 53.3 Å². The fourth-order valence-corrected chi connectivity index (χ4v) is 3.83. The molecule has 0 aromatic carbocycles. The van der Waals surface area contributed by atoms with Crippen LogP contribution in [0.4, 0.5) is 5.82 Å². The Bertz CT molecular complexity index is 497. The zero-order valence-electron chi connectivity index (χ0n) is 12.1. The molecule has 2 atom stereocenters. The summed E-state index contributed by atoms with van der Waals surface area (Å²) in [5.41, 5.74) is 5.10. The molecule has 2 rings (SSSR count). The van der Waals surface area contributed by atoms with Gasteiger partial charge in [0.25, 0.3) is 0 Å². The van der Waals surface area contributed by atoms with Crippen molar-refractivity contribution in [2.75, 3.05) is 18.9 Å². The van der Waals surface area contributed by atoms with Crippen molar-refractivity contribution in [1.29, 1.82) is 0 Å². The predicted molar refractivity (Wildman–Crippen MR) is 78.6 cm³/mol. The Kier molecular flexibility index (Phi) is 7.04. The number of anilines is 1. The van der Waals surface area contributed by atoms with Crippen molar-refractivity contribution in [3.63, 3.8) is 0 Å². The molecule has 7 nitrogen and oxygen atoms in total. The molecular weight excluding hydrogens is 471 g/mol. The average molecular weight is 492 g/mol. The van der Waals surface area contributed by atoms with Crippen LogP contribution in [0.1, 0.15) is 38.8 Å². The van der Waals surface area contributed by atoms with Crippen LogP contribution in [0, 0.1) is 0 Å². The second-order valence-electron chi connectivity index (χ2n) is 4.86. The van der Waals surface area contributed by atoms with Gasteiger partial charge in [0.05, 0.1) is 0 Å². The molecule has 2 N–H and O–H groups in total. The fourth-order valence-electron chi connectivity index (χ4n) is 2.03. The summed E-state index contributed by atoms with van der Waals surface area (Å²) in [7, 11) is 0. The van der Waals surface area contributed by atoms with E-state index >= 15 is 0 Å². The molecule has 0 amide bonds. The number of hydrogen-bond donors (Lipinski definition) is 1. The van der Waals surface area contributed by atoms with Gasteiger partial charge >= 0.3 is 137 Å². The summed E-state index contributed by atoms with van der Waals surface area (Å²) < 4.78 is 18.4. The van der Waals surface area contributed by atoms with E-state index in [2.05, 4.69) is 11.9 Å². The molecule has 1 fully saturated rings. The summed E-state index contributed by atoms with van der Waals surface area (Å²) in [6.07, 6.45) is 5.24. The Labute approximate surface area is 136 Å². The molecule has 0 saturated carbocycles. The molecule has 2 heterocycles. The molecule has 0 radical (unpaired) electrons. The number of nitrogen functional groups attached to an aromatic ring is 1. The van der Waals surface area contributed by atoms with E-state index in [0.29, 0.717) is 6.61 Å². The van der Waals surface area contributed by atoms with Crippen LogP contribution in [0.25, 0.3) is 0 Å². The van der Waals surface area contributed by atoms with Crippen molar-refractivity contribution in [3.8, 4) is 0 Å². The molecule has 0 bridgehead atoms. The molecule has 0 spiro atoms. The normalized spacial score (nSPS) is 21.8. The summed E-state index contributed by atoms with van der Waals surface area (Å²) >= 11 is -1.15. The van der Waals surface area contributed by atoms with Gasteiger partial charge in [0.15, 0.2) is 0 Å². The summed E-state index contributed by atoms with van der Waals surface area (Å²) in [4.78, 5) is 15.5. The molecule has 118 valence electrons. The van der Waals surface area contributed by atoms with Crippen LogP contribution in [0.3, 0.4) is 0 Å². The second kappa shape index (κ2) is 8.79. The molecule has 8 heteroatoms. The van der Waals surface area contributed by atoms with Gasteiger partial charge in [-0.25, -0.2) is 0 Å². The first-order chi connectivity index (χ1) is 10.2. The van der Waals surface area contributed by atoms with E-state index in [9.17, 15) is 4.79 Å². The van der Waals surface area contributed by atoms with E-state index in [1.165, 1.54) is 4.57 Å². The van der Waals surface area contributed by atoms with Gasteiger partial charge in [-0.3, -0.25) is 0 Å². The minimum atomic E-state index is -1.15. The number of ether oxygens (including phenoxy) is 1. The van der Waals surface area contributed by atoms with E-state index in [1.54, 1.807) is 12.3 Å². The third-order valence-corrected chi connectivity index (χ3v) is 5.10. The third kappa shape index (κ3) is 5.30. The number of aromatic nitrogens is 2. The van der Waals surface area contributed by atoms with Crippen LogP contribution < -0.4 is 11.4 Å². The van der Waals surface area contributed by atoms with Crippen LogP contribution in [0.5, 0.6) is 0 Å². The van der Waals surface area contributed by atoms with Crippen molar-refractivity contribution < 1.29 is 10.3 Å². The van der Waals surface area contributed by atoms with Gasteiger partial charge in [-0.15, -0.1) is 0 Å². The van der Waals surface area contributed by atoms with E-state index in [-0.39, 0.29) is 23.8 Å². The fraction of sp³-hybridized carbons (Fsp3) is 0.692. The topological polar surface area (TPSA) is 88.6 Å². The summed E-state index contributed by atoms with van der Waals surface area (Å²) in [5, 5.41) is 0. The van der Waals surface area contributed by atoms with Crippen LogP contribution >= 0.6 is 0 Å². The van der Waals surface area contributed by atoms with Crippen molar-refractivity contribution >= 4 is 30.3 Å². The first kappa shape index (κ1) is 16.8. The van der Waals surface area contributed by atoms with Gasteiger partial charge in [-0.1, -0.05) is 0 Å². The number of rotatable bonds is 8. The number of nitrogens with zero attached hydrogens (tertiary/aromatic N) is 2. The zero-order chi connectivity index (χ0) is 15.1. The quantitative estimate of drug-likeness (QED) is 0.542. The molecule has 21 heavy (non-hydrogen) atoms. The maximum atomic E-state index is 11.7. The molecule has 1 aliphatic heterocycles. The summed E-state index contributed by atoms with van der Waals surface area (Å²) in [6, 6.07) is 1.60. The Morgan fingerprint density at radius 3 is 3.14 bits per heavy atom. The van der Waals surface area contributed by atoms with Gasteiger partial charge in [-0.05, 0) is 0 Å². The van der Waals surface area contributed by atoms with E-state index in [4.69, 9.17) is 16.0 Å². The Hall–Kier alpha value is -0.544. The van der Waals surface area contributed by atoms with Crippen LogP contribution in [0.15, 0.2) is 17.1 Å². The Morgan fingerprint density at radius 2 is 2.38 bits per heavy atom.